The minimum atomic E-state index is -0.413. The summed E-state index contributed by atoms with van der Waals surface area (Å²) < 4.78 is 6.52. The second-order valence-corrected chi connectivity index (χ2v) is 7.27. The van der Waals surface area contributed by atoms with Gasteiger partial charge in [0.1, 0.15) is 16.4 Å². The Hall–Kier alpha value is -2.09. The summed E-state index contributed by atoms with van der Waals surface area (Å²) in [6.07, 6.45) is 1.34. The maximum Gasteiger partial charge on any atom is 0.283 e. The summed E-state index contributed by atoms with van der Waals surface area (Å²) in [5.41, 5.74) is 2.82. The molecule has 8 heteroatoms. The first-order chi connectivity index (χ1) is 12.0. The number of nitrogens with zero attached hydrogens (tertiary/aromatic N) is 1. The van der Waals surface area contributed by atoms with Crippen molar-refractivity contribution in [3.63, 3.8) is 0 Å². The molecule has 3 rings (SSSR count). The van der Waals surface area contributed by atoms with Gasteiger partial charge < -0.3 is 9.84 Å². The van der Waals surface area contributed by atoms with Crippen LogP contribution in [0.4, 0.5) is 0 Å². The zero-order valence-corrected chi connectivity index (χ0v) is 16.1. The Kier molecular flexibility index (Phi) is 5.27. The molecule has 0 saturated carbocycles. The Labute approximate surface area is 161 Å². The van der Waals surface area contributed by atoms with Gasteiger partial charge in [0.25, 0.3) is 5.91 Å². The van der Waals surface area contributed by atoms with E-state index in [1.807, 2.05) is 24.3 Å². The summed E-state index contributed by atoms with van der Waals surface area (Å²) in [6, 6.07) is 10.7. The molecule has 1 heterocycles. The molecule has 0 atom stereocenters. The molecule has 0 saturated heterocycles. The molecule has 128 valence electrons. The van der Waals surface area contributed by atoms with E-state index in [4.69, 9.17) is 16.3 Å². The molecular weight excluding hydrogens is 428 g/mol. The van der Waals surface area contributed by atoms with E-state index < -0.39 is 5.91 Å². The normalized spacial score (nSPS) is 11.2. The largest absolute Gasteiger partial charge is 0.506 e. The zero-order chi connectivity index (χ0) is 18.0. The predicted molar refractivity (Wildman–Crippen MR) is 104 cm³/mol. The van der Waals surface area contributed by atoms with Gasteiger partial charge in [0, 0.05) is 15.6 Å². The van der Waals surface area contributed by atoms with E-state index in [1.54, 1.807) is 12.1 Å². The first-order valence-electron chi connectivity index (χ1n) is 7.08. The lowest BCUT2D eigenvalue weighted by Gasteiger charge is -2.05. The van der Waals surface area contributed by atoms with Gasteiger partial charge in [-0.15, -0.1) is 11.3 Å². The minimum Gasteiger partial charge on any atom is -0.506 e. The topological polar surface area (TPSA) is 70.9 Å². The molecule has 0 aliphatic heterocycles. The van der Waals surface area contributed by atoms with Crippen molar-refractivity contribution in [2.24, 2.45) is 5.10 Å². The highest BCUT2D eigenvalue weighted by atomic mass is 79.9. The lowest BCUT2D eigenvalue weighted by atomic mass is 10.2. The van der Waals surface area contributed by atoms with Gasteiger partial charge in [-0.3, -0.25) is 4.79 Å². The van der Waals surface area contributed by atoms with E-state index in [-0.39, 0.29) is 5.75 Å². The fourth-order valence-corrected chi connectivity index (χ4v) is 4.04. The van der Waals surface area contributed by atoms with Crippen LogP contribution < -0.4 is 10.2 Å². The molecular formula is C17H12BrClN2O3S. The number of phenolic OH excluding ortho intramolecular Hbond substituents is 1. The molecule has 2 aromatic carbocycles. The summed E-state index contributed by atoms with van der Waals surface area (Å²) in [7, 11) is 1.52. The Bertz CT molecular complexity index is 987. The van der Waals surface area contributed by atoms with Crippen molar-refractivity contribution >= 4 is 61.1 Å². The number of halogens is 2. The van der Waals surface area contributed by atoms with Crippen LogP contribution in [-0.4, -0.2) is 24.3 Å². The van der Waals surface area contributed by atoms with E-state index in [0.717, 1.165) is 10.1 Å². The van der Waals surface area contributed by atoms with Gasteiger partial charge in [-0.1, -0.05) is 29.8 Å². The van der Waals surface area contributed by atoms with E-state index in [2.05, 4.69) is 26.5 Å². The molecule has 1 amide bonds. The van der Waals surface area contributed by atoms with Crippen LogP contribution in [0.15, 0.2) is 46.0 Å². The number of rotatable bonds is 4. The molecule has 0 bridgehead atoms. The molecule has 25 heavy (non-hydrogen) atoms. The van der Waals surface area contributed by atoms with Crippen molar-refractivity contribution < 1.29 is 14.6 Å². The van der Waals surface area contributed by atoms with Crippen molar-refractivity contribution in [1.29, 1.82) is 0 Å². The van der Waals surface area contributed by atoms with Crippen molar-refractivity contribution in [2.75, 3.05) is 7.11 Å². The van der Waals surface area contributed by atoms with E-state index >= 15 is 0 Å². The van der Waals surface area contributed by atoms with Gasteiger partial charge in [0.05, 0.1) is 22.8 Å². The fraction of sp³-hybridized carbons (Fsp3) is 0.0588. The third-order valence-corrected chi connectivity index (χ3v) is 5.69. The monoisotopic (exact) mass is 438 g/mol. The van der Waals surface area contributed by atoms with Crippen LogP contribution in [0.25, 0.3) is 10.1 Å². The quantitative estimate of drug-likeness (QED) is 0.453. The zero-order valence-electron chi connectivity index (χ0n) is 12.9. The number of fused-ring (bicyclic) bond motifs is 1. The predicted octanol–water partition coefficient (Wildman–Crippen LogP) is 4.80. The highest BCUT2D eigenvalue weighted by molar-refractivity contribution is 9.10. The molecule has 1 aromatic heterocycles. The van der Waals surface area contributed by atoms with Crippen LogP contribution in [0.3, 0.4) is 0 Å². The summed E-state index contributed by atoms with van der Waals surface area (Å²) in [4.78, 5) is 12.7. The lowest BCUT2D eigenvalue weighted by molar-refractivity contribution is 0.0959. The smallest absolute Gasteiger partial charge is 0.283 e. The van der Waals surface area contributed by atoms with Crippen LogP contribution in [-0.2, 0) is 0 Å². The van der Waals surface area contributed by atoms with Gasteiger partial charge in [0.2, 0.25) is 0 Å². The minimum absolute atomic E-state index is 0.00121. The number of benzene rings is 2. The number of carbonyl (C=O) groups excluding carboxylic acids is 1. The molecule has 3 aromatic rings. The Balaban J connectivity index is 1.81. The van der Waals surface area contributed by atoms with Crippen molar-refractivity contribution in [1.82, 2.24) is 5.43 Å². The van der Waals surface area contributed by atoms with Crippen molar-refractivity contribution in [3.05, 3.63) is 56.3 Å². The van der Waals surface area contributed by atoms with Crippen molar-refractivity contribution in [3.8, 4) is 11.5 Å². The third-order valence-electron chi connectivity index (χ3n) is 3.41. The highest BCUT2D eigenvalue weighted by Gasteiger charge is 2.16. The summed E-state index contributed by atoms with van der Waals surface area (Å²) in [5.74, 6) is 0.132. The van der Waals surface area contributed by atoms with Crippen LogP contribution in [0.2, 0.25) is 5.02 Å². The average molecular weight is 440 g/mol. The summed E-state index contributed by atoms with van der Waals surface area (Å²) >= 11 is 10.8. The maximum absolute atomic E-state index is 12.3. The van der Waals surface area contributed by atoms with Gasteiger partial charge in [0.15, 0.2) is 0 Å². The van der Waals surface area contributed by atoms with Gasteiger partial charge in [-0.05, 0) is 34.1 Å². The third kappa shape index (κ3) is 3.63. The first-order valence-corrected chi connectivity index (χ1v) is 9.07. The number of methoxy groups -OCH3 is 1. The number of hydrogen-bond donors (Lipinski definition) is 2. The molecule has 2 N–H and O–H groups in total. The van der Waals surface area contributed by atoms with E-state index in [0.29, 0.717) is 25.7 Å². The molecule has 0 aliphatic rings. The van der Waals surface area contributed by atoms with Crippen LogP contribution in [0.5, 0.6) is 11.5 Å². The Morgan fingerprint density at radius 3 is 2.88 bits per heavy atom. The standard InChI is InChI=1S/C17H12BrClN2O3S/c1-24-10-6-9(15(22)12(18)7-10)8-20-21-17(23)16-14(19)11-4-2-3-5-13(11)25-16/h2-8,22H,1H3,(H,21,23)/b20-8+. The number of carbonyl (C=O) groups is 1. The van der Waals surface area contributed by atoms with Crippen molar-refractivity contribution in [2.45, 2.75) is 0 Å². The van der Waals surface area contributed by atoms with Gasteiger partial charge in [-0.25, -0.2) is 5.43 Å². The number of hydrogen-bond acceptors (Lipinski definition) is 5. The number of phenols is 1. The maximum atomic E-state index is 12.3. The lowest BCUT2D eigenvalue weighted by Crippen LogP contribution is -2.16. The first kappa shape index (κ1) is 17.7. The SMILES string of the molecule is COc1cc(Br)c(O)c(/C=N/NC(=O)c2sc3ccccc3c2Cl)c1. The molecule has 0 aliphatic carbocycles. The second-order valence-electron chi connectivity index (χ2n) is 4.99. The van der Waals surface area contributed by atoms with Crippen LogP contribution in [0, 0.1) is 0 Å². The van der Waals surface area contributed by atoms with Gasteiger partial charge >= 0.3 is 0 Å². The number of aromatic hydroxyl groups is 1. The summed E-state index contributed by atoms with van der Waals surface area (Å²) in [5, 5.41) is 15.1. The Morgan fingerprint density at radius 2 is 2.16 bits per heavy atom. The van der Waals surface area contributed by atoms with Crippen LogP contribution >= 0.6 is 38.9 Å². The average Bonchev–Trinajstić information content (AvgIpc) is 2.95. The Morgan fingerprint density at radius 1 is 1.40 bits per heavy atom. The number of hydrazone groups is 1. The number of ether oxygens (including phenoxy) is 1. The number of amides is 1. The van der Waals surface area contributed by atoms with E-state index in [1.165, 1.54) is 24.7 Å². The molecule has 0 radical (unpaired) electrons. The second kappa shape index (κ2) is 7.43. The highest BCUT2D eigenvalue weighted by Crippen LogP contribution is 2.35. The molecule has 0 spiro atoms. The molecule has 0 fully saturated rings. The molecule has 0 unspecified atom stereocenters. The fourth-order valence-electron chi connectivity index (χ4n) is 2.18. The van der Waals surface area contributed by atoms with Crippen LogP contribution in [0.1, 0.15) is 15.2 Å². The summed E-state index contributed by atoms with van der Waals surface area (Å²) in [6.45, 7) is 0. The number of thiophene rings is 1. The number of nitrogens with one attached hydrogen (secondary N) is 1. The van der Waals surface area contributed by atoms with E-state index in [9.17, 15) is 9.90 Å². The molecule has 5 nitrogen and oxygen atoms in total. The van der Waals surface area contributed by atoms with Gasteiger partial charge in [-0.2, -0.15) is 5.10 Å².